The van der Waals surface area contributed by atoms with E-state index in [0.717, 1.165) is 6.54 Å². The topological polar surface area (TPSA) is 92.6 Å². The molecule has 0 bridgehead atoms. The maximum atomic E-state index is 11.0. The monoisotopic (exact) mass is 434 g/mol. The van der Waals surface area contributed by atoms with E-state index in [0.29, 0.717) is 24.8 Å². The van der Waals surface area contributed by atoms with E-state index < -0.39 is 5.91 Å². The molecular formula is C14H19IN4O2S. The van der Waals surface area contributed by atoms with Gasteiger partial charge in [0.1, 0.15) is 12.3 Å². The first-order valence-corrected chi connectivity index (χ1v) is 7.50. The van der Waals surface area contributed by atoms with Crippen molar-refractivity contribution in [2.45, 2.75) is 20.0 Å². The molecule has 0 aliphatic rings. The van der Waals surface area contributed by atoms with Crippen LogP contribution in [0.2, 0.25) is 0 Å². The molecule has 0 unspecified atom stereocenters. The van der Waals surface area contributed by atoms with Crippen LogP contribution in [-0.2, 0) is 13.1 Å². The van der Waals surface area contributed by atoms with Gasteiger partial charge >= 0.3 is 0 Å². The van der Waals surface area contributed by atoms with Crippen molar-refractivity contribution in [2.24, 2.45) is 10.7 Å². The number of nitrogens with two attached hydrogens (primary N) is 1. The molecule has 2 rings (SSSR count). The molecule has 0 aliphatic carbocycles. The highest BCUT2D eigenvalue weighted by Crippen LogP contribution is 2.09. The second kappa shape index (κ2) is 9.46. The van der Waals surface area contributed by atoms with Crippen molar-refractivity contribution in [1.29, 1.82) is 0 Å². The summed E-state index contributed by atoms with van der Waals surface area (Å²) in [5.74, 6) is 0.866. The summed E-state index contributed by atoms with van der Waals surface area (Å²) >= 11 is 1.69. The van der Waals surface area contributed by atoms with Crippen LogP contribution < -0.4 is 16.4 Å². The van der Waals surface area contributed by atoms with Gasteiger partial charge in [0.05, 0.1) is 6.54 Å². The minimum absolute atomic E-state index is 0. The molecule has 6 nitrogen and oxygen atoms in total. The number of aliphatic imine (C=N–C) groups is 1. The molecule has 2 aromatic rings. The van der Waals surface area contributed by atoms with Crippen molar-refractivity contribution in [1.82, 2.24) is 10.6 Å². The molecule has 0 saturated heterocycles. The first-order chi connectivity index (χ1) is 10.2. The Balaban J connectivity index is 0.00000242. The van der Waals surface area contributed by atoms with Crippen LogP contribution in [0, 0.1) is 0 Å². The first kappa shape index (κ1) is 18.5. The predicted octanol–water partition coefficient (Wildman–Crippen LogP) is 2.31. The molecule has 0 spiro atoms. The number of primary amides is 1. The fraction of sp³-hybridized carbons (Fsp3) is 0.286. The van der Waals surface area contributed by atoms with E-state index in [1.54, 1.807) is 23.5 Å². The summed E-state index contributed by atoms with van der Waals surface area (Å²) in [5.41, 5.74) is 5.14. The van der Waals surface area contributed by atoms with Gasteiger partial charge in [-0.15, -0.1) is 35.3 Å². The molecule has 0 radical (unpaired) electrons. The molecule has 8 heteroatoms. The highest BCUT2D eigenvalue weighted by Gasteiger charge is 2.07. The van der Waals surface area contributed by atoms with Crippen molar-refractivity contribution < 1.29 is 9.21 Å². The number of hydrogen-bond donors (Lipinski definition) is 3. The first-order valence-electron chi connectivity index (χ1n) is 6.62. The third-order valence-electron chi connectivity index (χ3n) is 2.65. The molecule has 4 N–H and O–H groups in total. The minimum atomic E-state index is -0.576. The van der Waals surface area contributed by atoms with E-state index >= 15 is 0 Å². The second-order valence-corrected chi connectivity index (χ2v) is 5.29. The summed E-state index contributed by atoms with van der Waals surface area (Å²) in [6.45, 7) is 3.82. The molecule has 2 heterocycles. The van der Waals surface area contributed by atoms with E-state index in [2.05, 4.69) is 21.7 Å². The fourth-order valence-electron chi connectivity index (χ4n) is 1.68. The molecule has 2 aromatic heterocycles. The quantitative estimate of drug-likeness (QED) is 0.370. The van der Waals surface area contributed by atoms with E-state index in [1.807, 2.05) is 18.4 Å². The van der Waals surface area contributed by atoms with E-state index in [1.165, 1.54) is 4.88 Å². The number of nitrogens with one attached hydrogen (secondary N) is 2. The maximum absolute atomic E-state index is 11.0. The summed E-state index contributed by atoms with van der Waals surface area (Å²) in [4.78, 5) is 16.6. The molecule has 0 saturated carbocycles. The number of hydrogen-bond acceptors (Lipinski definition) is 4. The maximum Gasteiger partial charge on any atom is 0.284 e. The summed E-state index contributed by atoms with van der Waals surface area (Å²) < 4.78 is 5.29. The normalized spacial score (nSPS) is 10.9. The van der Waals surface area contributed by atoms with Gasteiger partial charge in [0.25, 0.3) is 5.91 Å². The highest BCUT2D eigenvalue weighted by atomic mass is 127. The SMILES string of the molecule is CCNC(=NCc1ccc(C(N)=O)o1)NCc1cccs1.I. The average Bonchev–Trinajstić information content (AvgIpc) is 3.13. The van der Waals surface area contributed by atoms with Gasteiger partial charge in [-0.25, -0.2) is 4.99 Å². The number of nitrogens with zero attached hydrogens (tertiary/aromatic N) is 1. The van der Waals surface area contributed by atoms with Crippen LogP contribution in [-0.4, -0.2) is 18.4 Å². The lowest BCUT2D eigenvalue weighted by molar-refractivity contribution is 0.0972. The number of halogens is 1. The van der Waals surface area contributed by atoms with Crippen molar-refractivity contribution in [3.05, 3.63) is 46.0 Å². The Hall–Kier alpha value is -1.55. The van der Waals surface area contributed by atoms with Gasteiger partial charge in [0.2, 0.25) is 0 Å². The van der Waals surface area contributed by atoms with Crippen molar-refractivity contribution in [3.63, 3.8) is 0 Å². The highest BCUT2D eigenvalue weighted by molar-refractivity contribution is 14.0. The fourth-order valence-corrected chi connectivity index (χ4v) is 2.32. The van der Waals surface area contributed by atoms with Crippen LogP contribution in [0.5, 0.6) is 0 Å². The lowest BCUT2D eigenvalue weighted by atomic mass is 10.4. The molecule has 22 heavy (non-hydrogen) atoms. The van der Waals surface area contributed by atoms with Crippen LogP contribution in [0.15, 0.2) is 39.1 Å². The number of furan rings is 1. The molecule has 0 aromatic carbocycles. The largest absolute Gasteiger partial charge is 0.454 e. The second-order valence-electron chi connectivity index (χ2n) is 4.26. The predicted molar refractivity (Wildman–Crippen MR) is 98.6 cm³/mol. The molecule has 0 atom stereocenters. The number of rotatable bonds is 6. The zero-order valence-corrected chi connectivity index (χ0v) is 15.3. The molecule has 120 valence electrons. The Labute approximate surface area is 150 Å². The molecule has 1 amide bonds. The van der Waals surface area contributed by atoms with Gasteiger partial charge in [-0.3, -0.25) is 4.79 Å². The van der Waals surface area contributed by atoms with Crippen molar-refractivity contribution >= 4 is 47.2 Å². The smallest absolute Gasteiger partial charge is 0.284 e. The zero-order chi connectivity index (χ0) is 15.1. The van der Waals surface area contributed by atoms with E-state index in [4.69, 9.17) is 10.2 Å². The summed E-state index contributed by atoms with van der Waals surface area (Å²) in [6.07, 6.45) is 0. The molecule has 0 aliphatic heterocycles. The Morgan fingerprint density at radius 2 is 2.18 bits per heavy atom. The van der Waals surface area contributed by atoms with Gasteiger partial charge in [-0.1, -0.05) is 6.07 Å². The Kier molecular flexibility index (Phi) is 7.96. The molecular weight excluding hydrogens is 415 g/mol. The lowest BCUT2D eigenvalue weighted by Gasteiger charge is -2.09. The van der Waals surface area contributed by atoms with Crippen LogP contribution in [0.4, 0.5) is 0 Å². The summed E-state index contributed by atoms with van der Waals surface area (Å²) in [6, 6.07) is 7.33. The summed E-state index contributed by atoms with van der Waals surface area (Å²) in [7, 11) is 0. The third-order valence-corrected chi connectivity index (χ3v) is 3.53. The van der Waals surface area contributed by atoms with Gasteiger partial charge in [-0.05, 0) is 30.5 Å². The minimum Gasteiger partial charge on any atom is -0.454 e. The van der Waals surface area contributed by atoms with Gasteiger partial charge < -0.3 is 20.8 Å². The van der Waals surface area contributed by atoms with Gasteiger partial charge in [-0.2, -0.15) is 0 Å². The number of carbonyl (C=O) groups is 1. The number of thiophene rings is 1. The van der Waals surface area contributed by atoms with Crippen molar-refractivity contribution in [2.75, 3.05) is 6.54 Å². The number of guanidine groups is 1. The Morgan fingerprint density at radius 3 is 2.77 bits per heavy atom. The van der Waals surface area contributed by atoms with E-state index in [-0.39, 0.29) is 29.7 Å². The standard InChI is InChI=1S/C14H18N4O2S.HI/c1-2-16-14(18-9-11-4-3-7-21-11)17-8-10-5-6-12(20-10)13(15)19;/h3-7H,2,8-9H2,1H3,(H2,15,19)(H2,16,17,18);1H. The Bertz CT molecular complexity index is 610. The zero-order valence-electron chi connectivity index (χ0n) is 12.2. The van der Waals surface area contributed by atoms with Crippen LogP contribution >= 0.6 is 35.3 Å². The summed E-state index contributed by atoms with van der Waals surface area (Å²) in [5, 5.41) is 8.43. The van der Waals surface area contributed by atoms with E-state index in [9.17, 15) is 4.79 Å². The van der Waals surface area contributed by atoms with Crippen LogP contribution in [0.1, 0.15) is 28.1 Å². The average molecular weight is 434 g/mol. The van der Waals surface area contributed by atoms with Gasteiger partial charge in [0.15, 0.2) is 11.7 Å². The number of amides is 1. The van der Waals surface area contributed by atoms with Crippen LogP contribution in [0.3, 0.4) is 0 Å². The third kappa shape index (κ3) is 5.68. The Morgan fingerprint density at radius 1 is 1.36 bits per heavy atom. The number of carbonyl (C=O) groups excluding carboxylic acids is 1. The van der Waals surface area contributed by atoms with Crippen molar-refractivity contribution in [3.8, 4) is 0 Å². The van der Waals surface area contributed by atoms with Gasteiger partial charge in [0, 0.05) is 11.4 Å². The van der Waals surface area contributed by atoms with Crippen LogP contribution in [0.25, 0.3) is 0 Å². The molecule has 0 fully saturated rings. The lowest BCUT2D eigenvalue weighted by Crippen LogP contribution is -2.36.